The first-order chi connectivity index (χ1) is 10.2. The number of fused-ring (bicyclic) bond motifs is 3. The fourth-order valence-corrected chi connectivity index (χ4v) is 3.12. The van der Waals surface area contributed by atoms with Gasteiger partial charge in [-0.15, -0.1) is 10.2 Å². The summed E-state index contributed by atoms with van der Waals surface area (Å²) in [5.74, 6) is 0. The van der Waals surface area contributed by atoms with Crippen LogP contribution in [-0.4, -0.2) is 33.0 Å². The molecule has 1 aliphatic carbocycles. The van der Waals surface area contributed by atoms with E-state index < -0.39 is 0 Å². The second kappa shape index (κ2) is 4.54. The lowest BCUT2D eigenvalue weighted by atomic mass is 9.89. The van der Waals surface area contributed by atoms with Crippen LogP contribution < -0.4 is 5.69 Å². The highest BCUT2D eigenvalue weighted by atomic mass is 35.5. The Labute approximate surface area is 124 Å². The zero-order valence-electron chi connectivity index (χ0n) is 11.3. The van der Waals surface area contributed by atoms with E-state index in [-0.39, 0.29) is 17.8 Å². The molecular formula is C14H13ClN4O2. The van der Waals surface area contributed by atoms with E-state index in [0.29, 0.717) is 10.7 Å². The molecule has 0 unspecified atom stereocenters. The lowest BCUT2D eigenvalue weighted by Gasteiger charge is -2.34. The lowest BCUT2D eigenvalue weighted by molar-refractivity contribution is 0.00653. The van der Waals surface area contributed by atoms with Crippen molar-refractivity contribution >= 4 is 33.7 Å². The van der Waals surface area contributed by atoms with Crippen LogP contribution in [0.3, 0.4) is 0 Å². The number of halogens is 1. The minimum atomic E-state index is -0.161. The predicted octanol–water partition coefficient (Wildman–Crippen LogP) is 2.28. The van der Waals surface area contributed by atoms with Gasteiger partial charge in [0.05, 0.1) is 11.6 Å². The molecule has 21 heavy (non-hydrogen) atoms. The van der Waals surface area contributed by atoms with Crippen molar-refractivity contribution in [1.82, 2.24) is 19.7 Å². The number of ether oxygens (including phenoxy) is 1. The maximum Gasteiger partial charge on any atom is 0.328 e. The largest absolute Gasteiger partial charge is 0.381 e. The van der Waals surface area contributed by atoms with Crippen molar-refractivity contribution in [2.24, 2.45) is 0 Å². The van der Waals surface area contributed by atoms with E-state index in [0.717, 1.165) is 29.3 Å². The Hall–Kier alpha value is -1.92. The molecule has 0 saturated heterocycles. The molecule has 1 saturated carbocycles. The van der Waals surface area contributed by atoms with Crippen LogP contribution in [0.5, 0.6) is 0 Å². The third-order valence-electron chi connectivity index (χ3n) is 4.15. The fourth-order valence-electron chi connectivity index (χ4n) is 2.94. The van der Waals surface area contributed by atoms with Crippen molar-refractivity contribution in [3.8, 4) is 0 Å². The zero-order valence-corrected chi connectivity index (χ0v) is 12.1. The lowest BCUT2D eigenvalue weighted by Crippen LogP contribution is -2.36. The minimum absolute atomic E-state index is 0.127. The Bertz CT molecular complexity index is 895. The number of rotatable bonds is 2. The minimum Gasteiger partial charge on any atom is -0.381 e. The van der Waals surface area contributed by atoms with Crippen molar-refractivity contribution in [3.63, 3.8) is 0 Å². The quantitative estimate of drug-likeness (QED) is 0.788. The van der Waals surface area contributed by atoms with Crippen LogP contribution in [0.4, 0.5) is 0 Å². The second-order valence-electron chi connectivity index (χ2n) is 5.34. The number of methoxy groups -OCH3 is 1. The van der Waals surface area contributed by atoms with E-state index in [9.17, 15) is 4.79 Å². The maximum atomic E-state index is 12.3. The Morgan fingerprint density at radius 3 is 2.95 bits per heavy atom. The molecular weight excluding hydrogens is 292 g/mol. The summed E-state index contributed by atoms with van der Waals surface area (Å²) in [6.07, 6.45) is 1.87. The Morgan fingerprint density at radius 1 is 1.38 bits per heavy atom. The Kier molecular flexibility index (Phi) is 2.77. The van der Waals surface area contributed by atoms with E-state index in [2.05, 4.69) is 15.2 Å². The molecule has 7 heteroatoms. The molecule has 1 aliphatic rings. The highest BCUT2D eigenvalue weighted by Crippen LogP contribution is 2.36. The number of nitrogens with zero attached hydrogens (tertiary/aromatic N) is 3. The van der Waals surface area contributed by atoms with Crippen molar-refractivity contribution < 1.29 is 4.74 Å². The van der Waals surface area contributed by atoms with Crippen LogP contribution in [0.15, 0.2) is 23.0 Å². The summed E-state index contributed by atoms with van der Waals surface area (Å²) in [6.45, 7) is 0. The summed E-state index contributed by atoms with van der Waals surface area (Å²) in [6, 6.07) is 5.53. The summed E-state index contributed by atoms with van der Waals surface area (Å²) < 4.78 is 7.06. The highest BCUT2D eigenvalue weighted by Gasteiger charge is 2.33. The number of hydrogen-bond acceptors (Lipinski definition) is 4. The van der Waals surface area contributed by atoms with Gasteiger partial charge in [0.2, 0.25) is 0 Å². The SMILES string of the molecule is CO[C@H]1C[C@@H](n2c(=O)[nH]c3nnc4ccc(Cl)cc4c32)C1. The van der Waals surface area contributed by atoms with Gasteiger partial charge in [-0.05, 0) is 31.0 Å². The maximum absolute atomic E-state index is 12.3. The molecule has 2 heterocycles. The summed E-state index contributed by atoms with van der Waals surface area (Å²) in [5.41, 5.74) is 1.83. The molecule has 0 atom stereocenters. The standard InChI is InChI=1S/C14H13ClN4O2/c1-21-9-5-8(6-9)19-12-10-4-7(15)2-3-11(10)17-18-13(12)16-14(19)20/h2-4,8-9H,5-6H2,1H3,(H,16,18,20)/t8-,9+. The van der Waals surface area contributed by atoms with Crippen LogP contribution in [0.1, 0.15) is 18.9 Å². The summed E-state index contributed by atoms with van der Waals surface area (Å²) in [5, 5.41) is 9.67. The topological polar surface area (TPSA) is 72.8 Å². The smallest absolute Gasteiger partial charge is 0.328 e. The van der Waals surface area contributed by atoms with Gasteiger partial charge in [-0.2, -0.15) is 0 Å². The second-order valence-corrected chi connectivity index (χ2v) is 5.78. The van der Waals surface area contributed by atoms with Crippen LogP contribution in [-0.2, 0) is 4.74 Å². The van der Waals surface area contributed by atoms with E-state index >= 15 is 0 Å². The van der Waals surface area contributed by atoms with Gasteiger partial charge in [-0.3, -0.25) is 9.55 Å². The average molecular weight is 305 g/mol. The molecule has 3 aromatic rings. The van der Waals surface area contributed by atoms with Crippen LogP contribution in [0.25, 0.3) is 22.1 Å². The van der Waals surface area contributed by atoms with E-state index in [1.165, 1.54) is 0 Å². The first-order valence-corrected chi connectivity index (χ1v) is 7.14. The first kappa shape index (κ1) is 12.8. The summed E-state index contributed by atoms with van der Waals surface area (Å²) >= 11 is 6.09. The molecule has 108 valence electrons. The van der Waals surface area contributed by atoms with Gasteiger partial charge < -0.3 is 4.74 Å². The van der Waals surface area contributed by atoms with Crippen LogP contribution in [0.2, 0.25) is 5.02 Å². The van der Waals surface area contributed by atoms with Gasteiger partial charge in [0.25, 0.3) is 0 Å². The molecule has 0 amide bonds. The molecule has 6 nitrogen and oxygen atoms in total. The summed E-state index contributed by atoms with van der Waals surface area (Å²) in [7, 11) is 1.69. The van der Waals surface area contributed by atoms with E-state index in [1.54, 1.807) is 17.7 Å². The predicted molar refractivity (Wildman–Crippen MR) is 79.7 cm³/mol. The third kappa shape index (κ3) is 1.86. The molecule has 0 radical (unpaired) electrons. The molecule has 1 aromatic carbocycles. The van der Waals surface area contributed by atoms with E-state index in [4.69, 9.17) is 16.3 Å². The number of aromatic amines is 1. The van der Waals surface area contributed by atoms with E-state index in [1.807, 2.05) is 12.1 Å². The number of imidazole rings is 1. The molecule has 0 spiro atoms. The van der Waals surface area contributed by atoms with Gasteiger partial charge >= 0.3 is 5.69 Å². The number of nitrogens with one attached hydrogen (secondary N) is 1. The van der Waals surface area contributed by atoms with Gasteiger partial charge in [0, 0.05) is 23.6 Å². The van der Waals surface area contributed by atoms with Crippen molar-refractivity contribution in [1.29, 1.82) is 0 Å². The zero-order chi connectivity index (χ0) is 14.6. The average Bonchev–Trinajstić information content (AvgIpc) is 2.75. The van der Waals surface area contributed by atoms with Crippen molar-refractivity contribution in [2.45, 2.75) is 25.0 Å². The molecule has 0 aliphatic heterocycles. The van der Waals surface area contributed by atoms with Gasteiger partial charge in [0.1, 0.15) is 5.52 Å². The third-order valence-corrected chi connectivity index (χ3v) is 4.38. The highest BCUT2D eigenvalue weighted by molar-refractivity contribution is 6.31. The fraction of sp³-hybridized carbons (Fsp3) is 0.357. The molecule has 1 fully saturated rings. The number of H-pyrrole nitrogens is 1. The van der Waals surface area contributed by atoms with Crippen LogP contribution in [0, 0.1) is 0 Å². The van der Waals surface area contributed by atoms with Crippen molar-refractivity contribution in [3.05, 3.63) is 33.7 Å². The summed E-state index contributed by atoms with van der Waals surface area (Å²) in [4.78, 5) is 15.0. The number of hydrogen-bond donors (Lipinski definition) is 1. The molecule has 1 N–H and O–H groups in total. The van der Waals surface area contributed by atoms with Gasteiger partial charge in [-0.1, -0.05) is 11.6 Å². The first-order valence-electron chi connectivity index (χ1n) is 6.76. The number of benzene rings is 1. The molecule has 0 bridgehead atoms. The van der Waals surface area contributed by atoms with Gasteiger partial charge in [-0.25, -0.2) is 4.79 Å². The number of aromatic nitrogens is 4. The van der Waals surface area contributed by atoms with Crippen LogP contribution >= 0.6 is 11.6 Å². The van der Waals surface area contributed by atoms with Gasteiger partial charge in [0.15, 0.2) is 5.65 Å². The molecule has 4 rings (SSSR count). The normalized spacial score (nSPS) is 21.8. The molecule has 2 aromatic heterocycles. The Morgan fingerprint density at radius 2 is 2.19 bits per heavy atom. The Balaban J connectivity index is 1.99. The van der Waals surface area contributed by atoms with Crippen molar-refractivity contribution in [2.75, 3.05) is 7.11 Å². The monoisotopic (exact) mass is 304 g/mol.